The molecule has 90 valence electrons. The van der Waals surface area contributed by atoms with Crippen molar-refractivity contribution in [3.8, 4) is 10.6 Å². The first kappa shape index (κ1) is 12.7. The molecule has 4 heteroatoms. The van der Waals surface area contributed by atoms with Gasteiger partial charge < -0.3 is 0 Å². The van der Waals surface area contributed by atoms with Crippen LogP contribution in [0.3, 0.4) is 0 Å². The van der Waals surface area contributed by atoms with E-state index in [1.54, 1.807) is 11.3 Å². The number of hydrogen-bond acceptors (Lipinski definition) is 3. The van der Waals surface area contributed by atoms with Gasteiger partial charge in [0.15, 0.2) is 0 Å². The van der Waals surface area contributed by atoms with Gasteiger partial charge in [-0.2, -0.15) is 0 Å². The fraction of sp³-hybridized carbons (Fsp3) is 0.385. The lowest BCUT2D eigenvalue weighted by Gasteiger charge is -2.04. The van der Waals surface area contributed by atoms with Crippen LogP contribution in [-0.4, -0.2) is 10.2 Å². The molecule has 0 aliphatic rings. The van der Waals surface area contributed by atoms with E-state index in [0.29, 0.717) is 4.83 Å². The first-order valence-electron chi connectivity index (χ1n) is 5.67. The van der Waals surface area contributed by atoms with Gasteiger partial charge in [-0.15, -0.1) is 10.2 Å². The van der Waals surface area contributed by atoms with Crippen LogP contribution in [0.25, 0.3) is 10.6 Å². The van der Waals surface area contributed by atoms with E-state index in [1.165, 1.54) is 16.7 Å². The third kappa shape index (κ3) is 2.58. The van der Waals surface area contributed by atoms with Gasteiger partial charge in [-0.3, -0.25) is 0 Å². The molecule has 0 spiro atoms. The summed E-state index contributed by atoms with van der Waals surface area (Å²) in [5, 5.41) is 10.6. The number of rotatable bonds is 3. The Morgan fingerprint density at radius 3 is 2.76 bits per heavy atom. The zero-order valence-electron chi connectivity index (χ0n) is 10.2. The van der Waals surface area contributed by atoms with Crippen LogP contribution in [0, 0.1) is 13.8 Å². The van der Waals surface area contributed by atoms with Gasteiger partial charge >= 0.3 is 0 Å². The molecule has 0 N–H and O–H groups in total. The van der Waals surface area contributed by atoms with Crippen molar-refractivity contribution < 1.29 is 0 Å². The van der Waals surface area contributed by atoms with E-state index in [-0.39, 0.29) is 0 Å². The van der Waals surface area contributed by atoms with Gasteiger partial charge in [-0.05, 0) is 31.4 Å². The SMILES string of the molecule is CCC(Br)c1nnc(-c2cccc(C)c2C)s1. The molecule has 1 aromatic carbocycles. The number of halogens is 1. The monoisotopic (exact) mass is 310 g/mol. The van der Waals surface area contributed by atoms with Crippen LogP contribution in [0.2, 0.25) is 0 Å². The van der Waals surface area contributed by atoms with Crippen molar-refractivity contribution >= 4 is 27.3 Å². The van der Waals surface area contributed by atoms with Crippen LogP contribution in [0.5, 0.6) is 0 Å². The Morgan fingerprint density at radius 2 is 2.06 bits per heavy atom. The molecular formula is C13H15BrN2S. The summed E-state index contributed by atoms with van der Waals surface area (Å²) in [7, 11) is 0. The molecule has 2 rings (SSSR count). The second-order valence-electron chi connectivity index (χ2n) is 4.07. The van der Waals surface area contributed by atoms with Crippen LogP contribution < -0.4 is 0 Å². The third-order valence-corrected chi connectivity index (χ3v) is 5.36. The van der Waals surface area contributed by atoms with Crippen molar-refractivity contribution in [2.24, 2.45) is 0 Å². The molecule has 2 nitrogen and oxygen atoms in total. The Balaban J connectivity index is 2.40. The molecule has 0 saturated carbocycles. The zero-order valence-corrected chi connectivity index (χ0v) is 12.6. The zero-order chi connectivity index (χ0) is 12.4. The smallest absolute Gasteiger partial charge is 0.142 e. The van der Waals surface area contributed by atoms with Crippen molar-refractivity contribution in [2.75, 3.05) is 0 Å². The maximum atomic E-state index is 4.30. The average Bonchev–Trinajstić information content (AvgIpc) is 2.81. The minimum atomic E-state index is 0.318. The first-order chi connectivity index (χ1) is 8.13. The summed E-state index contributed by atoms with van der Waals surface area (Å²) in [5.74, 6) is 0. The van der Waals surface area contributed by atoms with E-state index in [2.05, 4.69) is 65.1 Å². The minimum Gasteiger partial charge on any atom is -0.142 e. The largest absolute Gasteiger partial charge is 0.148 e. The summed E-state index contributed by atoms with van der Waals surface area (Å²) < 4.78 is 0. The van der Waals surface area contributed by atoms with Gasteiger partial charge in [0.2, 0.25) is 0 Å². The Bertz CT molecular complexity index is 522. The molecule has 1 atom stereocenters. The van der Waals surface area contributed by atoms with E-state index in [4.69, 9.17) is 0 Å². The highest BCUT2D eigenvalue weighted by Gasteiger charge is 2.14. The van der Waals surface area contributed by atoms with Gasteiger partial charge in [0, 0.05) is 5.56 Å². The average molecular weight is 311 g/mol. The van der Waals surface area contributed by atoms with Crippen LogP contribution in [0.15, 0.2) is 18.2 Å². The molecule has 0 saturated heterocycles. The summed E-state index contributed by atoms with van der Waals surface area (Å²) in [4.78, 5) is 0.318. The van der Waals surface area contributed by atoms with Crippen molar-refractivity contribution in [3.63, 3.8) is 0 Å². The lowest BCUT2D eigenvalue weighted by atomic mass is 10.0. The second kappa shape index (κ2) is 5.27. The van der Waals surface area contributed by atoms with Crippen molar-refractivity contribution in [2.45, 2.75) is 32.0 Å². The van der Waals surface area contributed by atoms with Gasteiger partial charge in [0.25, 0.3) is 0 Å². The molecule has 0 radical (unpaired) electrons. The molecule has 0 fully saturated rings. The maximum absolute atomic E-state index is 4.30. The molecule has 1 heterocycles. The van der Waals surface area contributed by atoms with E-state index in [9.17, 15) is 0 Å². The fourth-order valence-electron chi connectivity index (χ4n) is 1.63. The van der Waals surface area contributed by atoms with Crippen molar-refractivity contribution in [1.82, 2.24) is 10.2 Å². The van der Waals surface area contributed by atoms with E-state index >= 15 is 0 Å². The van der Waals surface area contributed by atoms with Crippen molar-refractivity contribution in [3.05, 3.63) is 34.3 Å². The van der Waals surface area contributed by atoms with Gasteiger partial charge in [0.1, 0.15) is 10.0 Å². The topological polar surface area (TPSA) is 25.8 Å². The molecular weight excluding hydrogens is 296 g/mol. The molecule has 2 aromatic rings. The normalized spacial score (nSPS) is 12.7. The van der Waals surface area contributed by atoms with Crippen LogP contribution >= 0.6 is 27.3 Å². The van der Waals surface area contributed by atoms with E-state index in [0.717, 1.165) is 16.4 Å². The Morgan fingerprint density at radius 1 is 1.29 bits per heavy atom. The number of alkyl halides is 1. The lowest BCUT2D eigenvalue weighted by molar-refractivity contribution is 0.870. The predicted octanol–water partition coefficient (Wildman–Crippen LogP) is 4.67. The summed E-state index contributed by atoms with van der Waals surface area (Å²) in [6.45, 7) is 6.40. The Kier molecular flexibility index (Phi) is 3.94. The Hall–Kier alpha value is -0.740. The standard InChI is InChI=1S/C13H15BrN2S/c1-4-11(14)13-16-15-12(17-13)10-7-5-6-8(2)9(10)3/h5-7,11H,4H2,1-3H3. The summed E-state index contributed by atoms with van der Waals surface area (Å²) in [5.41, 5.74) is 3.78. The molecule has 1 unspecified atom stereocenters. The summed E-state index contributed by atoms with van der Waals surface area (Å²) in [6, 6.07) is 6.31. The number of nitrogens with zero attached hydrogens (tertiary/aromatic N) is 2. The summed E-state index contributed by atoms with van der Waals surface area (Å²) in [6.07, 6.45) is 1.03. The van der Waals surface area contributed by atoms with E-state index in [1.807, 2.05) is 0 Å². The maximum Gasteiger partial charge on any atom is 0.148 e. The van der Waals surface area contributed by atoms with Gasteiger partial charge in [0.05, 0.1) is 4.83 Å². The second-order valence-corrected chi connectivity index (χ2v) is 6.18. The fourth-order valence-corrected chi connectivity index (χ4v) is 2.99. The molecule has 0 bridgehead atoms. The molecule has 0 aliphatic heterocycles. The first-order valence-corrected chi connectivity index (χ1v) is 7.40. The molecule has 17 heavy (non-hydrogen) atoms. The summed E-state index contributed by atoms with van der Waals surface area (Å²) >= 11 is 5.28. The van der Waals surface area contributed by atoms with Gasteiger partial charge in [-0.25, -0.2) is 0 Å². The number of aromatic nitrogens is 2. The van der Waals surface area contributed by atoms with E-state index < -0.39 is 0 Å². The molecule has 0 amide bonds. The Labute approximate surface area is 114 Å². The molecule has 0 aliphatic carbocycles. The highest BCUT2D eigenvalue weighted by atomic mass is 79.9. The third-order valence-electron chi connectivity index (χ3n) is 2.90. The van der Waals surface area contributed by atoms with Gasteiger partial charge in [-0.1, -0.05) is 52.4 Å². The number of benzene rings is 1. The number of hydrogen-bond donors (Lipinski definition) is 0. The van der Waals surface area contributed by atoms with Crippen LogP contribution in [0.1, 0.15) is 34.3 Å². The van der Waals surface area contributed by atoms with Crippen molar-refractivity contribution in [1.29, 1.82) is 0 Å². The minimum absolute atomic E-state index is 0.318. The highest BCUT2D eigenvalue weighted by Crippen LogP contribution is 2.34. The van der Waals surface area contributed by atoms with Crippen LogP contribution in [-0.2, 0) is 0 Å². The lowest BCUT2D eigenvalue weighted by Crippen LogP contribution is -1.86. The van der Waals surface area contributed by atoms with Crippen LogP contribution in [0.4, 0.5) is 0 Å². The quantitative estimate of drug-likeness (QED) is 0.770. The highest BCUT2D eigenvalue weighted by molar-refractivity contribution is 9.09. The predicted molar refractivity (Wildman–Crippen MR) is 76.8 cm³/mol. The molecule has 1 aromatic heterocycles. The number of aryl methyl sites for hydroxylation is 1.